The molecule has 1 atom stereocenters. The molecule has 0 bridgehead atoms. The molecule has 1 fully saturated rings. The SMILES string of the molecule is Cc1ccc(CC[C@@H]2CCN(Cc3ccccc3)C2)cc1. The maximum atomic E-state index is 2.61. The van der Waals surface area contributed by atoms with Crippen molar-refractivity contribution in [3.8, 4) is 0 Å². The van der Waals surface area contributed by atoms with Gasteiger partial charge in [0.1, 0.15) is 0 Å². The molecule has 0 unspecified atom stereocenters. The molecule has 21 heavy (non-hydrogen) atoms. The van der Waals surface area contributed by atoms with Gasteiger partial charge >= 0.3 is 0 Å². The quantitative estimate of drug-likeness (QED) is 0.781. The Labute approximate surface area is 128 Å². The lowest BCUT2D eigenvalue weighted by Gasteiger charge is -2.16. The van der Waals surface area contributed by atoms with E-state index in [1.54, 1.807) is 0 Å². The van der Waals surface area contributed by atoms with Gasteiger partial charge in [-0.1, -0.05) is 60.2 Å². The van der Waals surface area contributed by atoms with Crippen molar-refractivity contribution >= 4 is 0 Å². The Kier molecular flexibility index (Phi) is 4.72. The van der Waals surface area contributed by atoms with Gasteiger partial charge in [0.2, 0.25) is 0 Å². The van der Waals surface area contributed by atoms with Gasteiger partial charge in [0.15, 0.2) is 0 Å². The summed E-state index contributed by atoms with van der Waals surface area (Å²) >= 11 is 0. The van der Waals surface area contributed by atoms with Gasteiger partial charge < -0.3 is 0 Å². The fourth-order valence-electron chi connectivity index (χ4n) is 3.26. The van der Waals surface area contributed by atoms with Gasteiger partial charge in [-0.3, -0.25) is 4.90 Å². The molecule has 1 aliphatic heterocycles. The summed E-state index contributed by atoms with van der Waals surface area (Å²) in [5.74, 6) is 0.870. The van der Waals surface area contributed by atoms with Crippen LogP contribution in [-0.2, 0) is 13.0 Å². The van der Waals surface area contributed by atoms with E-state index in [0.717, 1.165) is 12.5 Å². The highest BCUT2D eigenvalue weighted by Gasteiger charge is 2.21. The summed E-state index contributed by atoms with van der Waals surface area (Å²) in [6, 6.07) is 19.9. The molecule has 0 aliphatic carbocycles. The second-order valence-electron chi connectivity index (χ2n) is 6.40. The van der Waals surface area contributed by atoms with E-state index in [0.29, 0.717) is 0 Å². The summed E-state index contributed by atoms with van der Waals surface area (Å²) in [4.78, 5) is 2.61. The molecule has 3 rings (SSSR count). The Hall–Kier alpha value is -1.60. The zero-order valence-corrected chi connectivity index (χ0v) is 13.0. The molecule has 1 aliphatic rings. The molecule has 0 amide bonds. The highest BCUT2D eigenvalue weighted by atomic mass is 15.1. The molecule has 0 saturated carbocycles. The van der Waals surface area contributed by atoms with E-state index in [4.69, 9.17) is 0 Å². The minimum absolute atomic E-state index is 0.870. The Bertz CT molecular complexity index is 544. The molecule has 0 spiro atoms. The third kappa shape index (κ3) is 4.18. The minimum atomic E-state index is 0.870. The number of aryl methyl sites for hydroxylation is 2. The Morgan fingerprint density at radius 2 is 1.71 bits per heavy atom. The standard InChI is InChI=1S/C20H25N/c1-17-7-9-18(10-8-17)11-12-20-13-14-21(16-20)15-19-5-3-2-4-6-19/h2-10,20H,11-16H2,1H3/t20-/m1/s1. The maximum Gasteiger partial charge on any atom is 0.0233 e. The molecule has 2 aromatic carbocycles. The van der Waals surface area contributed by atoms with E-state index in [9.17, 15) is 0 Å². The summed E-state index contributed by atoms with van der Waals surface area (Å²) in [5, 5.41) is 0. The predicted octanol–water partition coefficient (Wildman–Crippen LogP) is 4.45. The first kappa shape index (κ1) is 14.3. The van der Waals surface area contributed by atoms with Crippen LogP contribution < -0.4 is 0 Å². The summed E-state index contributed by atoms with van der Waals surface area (Å²) in [6.07, 6.45) is 3.91. The fraction of sp³-hybridized carbons (Fsp3) is 0.400. The lowest BCUT2D eigenvalue weighted by Crippen LogP contribution is -2.20. The van der Waals surface area contributed by atoms with E-state index in [-0.39, 0.29) is 0 Å². The van der Waals surface area contributed by atoms with Crippen molar-refractivity contribution in [3.05, 3.63) is 71.3 Å². The Balaban J connectivity index is 1.45. The molecule has 2 aromatic rings. The first-order chi connectivity index (χ1) is 10.3. The van der Waals surface area contributed by atoms with Crippen LogP contribution in [0.5, 0.6) is 0 Å². The molecule has 1 saturated heterocycles. The smallest absolute Gasteiger partial charge is 0.0233 e. The second-order valence-corrected chi connectivity index (χ2v) is 6.40. The van der Waals surface area contributed by atoms with Crippen LogP contribution in [0.1, 0.15) is 29.5 Å². The molecular formula is C20H25N. The van der Waals surface area contributed by atoms with Crippen molar-refractivity contribution in [1.82, 2.24) is 4.90 Å². The van der Waals surface area contributed by atoms with Gasteiger partial charge in [0.05, 0.1) is 0 Å². The molecule has 1 heteroatoms. The van der Waals surface area contributed by atoms with E-state index >= 15 is 0 Å². The van der Waals surface area contributed by atoms with Gasteiger partial charge in [-0.15, -0.1) is 0 Å². The van der Waals surface area contributed by atoms with Crippen molar-refractivity contribution in [2.75, 3.05) is 13.1 Å². The highest BCUT2D eigenvalue weighted by molar-refractivity contribution is 5.21. The zero-order valence-electron chi connectivity index (χ0n) is 13.0. The van der Waals surface area contributed by atoms with Gasteiger partial charge in [-0.05, 0) is 49.8 Å². The van der Waals surface area contributed by atoms with Crippen LogP contribution in [0.25, 0.3) is 0 Å². The first-order valence-electron chi connectivity index (χ1n) is 8.11. The average molecular weight is 279 g/mol. The zero-order chi connectivity index (χ0) is 14.5. The van der Waals surface area contributed by atoms with Crippen LogP contribution in [0.15, 0.2) is 54.6 Å². The second kappa shape index (κ2) is 6.91. The van der Waals surface area contributed by atoms with Crippen molar-refractivity contribution in [1.29, 1.82) is 0 Å². The van der Waals surface area contributed by atoms with Gasteiger partial charge in [0, 0.05) is 13.1 Å². The number of hydrogen-bond acceptors (Lipinski definition) is 1. The first-order valence-corrected chi connectivity index (χ1v) is 8.11. The average Bonchev–Trinajstić information content (AvgIpc) is 2.95. The topological polar surface area (TPSA) is 3.24 Å². The van der Waals surface area contributed by atoms with Crippen molar-refractivity contribution in [2.45, 2.75) is 32.7 Å². The van der Waals surface area contributed by atoms with Crippen LogP contribution >= 0.6 is 0 Å². The Morgan fingerprint density at radius 3 is 2.48 bits per heavy atom. The summed E-state index contributed by atoms with van der Waals surface area (Å²) in [5.41, 5.74) is 4.28. The third-order valence-corrected chi connectivity index (χ3v) is 4.58. The van der Waals surface area contributed by atoms with E-state index < -0.39 is 0 Å². The lowest BCUT2D eigenvalue weighted by molar-refractivity contribution is 0.313. The van der Waals surface area contributed by atoms with E-state index in [2.05, 4.69) is 66.4 Å². The highest BCUT2D eigenvalue weighted by Crippen LogP contribution is 2.23. The number of benzene rings is 2. The maximum absolute atomic E-state index is 2.61. The molecule has 1 heterocycles. The normalized spacial score (nSPS) is 19.0. The molecule has 110 valence electrons. The van der Waals surface area contributed by atoms with Crippen molar-refractivity contribution < 1.29 is 0 Å². The lowest BCUT2D eigenvalue weighted by atomic mass is 9.98. The van der Waals surface area contributed by atoms with Gasteiger partial charge in [0.25, 0.3) is 0 Å². The van der Waals surface area contributed by atoms with E-state index in [1.165, 1.54) is 49.0 Å². The predicted molar refractivity (Wildman–Crippen MR) is 89.3 cm³/mol. The number of likely N-dealkylation sites (tertiary alicyclic amines) is 1. The molecule has 0 N–H and O–H groups in total. The van der Waals surface area contributed by atoms with Crippen molar-refractivity contribution in [2.24, 2.45) is 5.92 Å². The van der Waals surface area contributed by atoms with Crippen LogP contribution in [0.2, 0.25) is 0 Å². The Morgan fingerprint density at radius 1 is 0.952 bits per heavy atom. The van der Waals surface area contributed by atoms with Gasteiger partial charge in [-0.25, -0.2) is 0 Å². The molecule has 1 nitrogen and oxygen atoms in total. The van der Waals surface area contributed by atoms with Crippen LogP contribution in [0.4, 0.5) is 0 Å². The largest absolute Gasteiger partial charge is 0.299 e. The number of nitrogens with zero attached hydrogens (tertiary/aromatic N) is 1. The van der Waals surface area contributed by atoms with Crippen LogP contribution in [0.3, 0.4) is 0 Å². The summed E-state index contributed by atoms with van der Waals surface area (Å²) < 4.78 is 0. The monoisotopic (exact) mass is 279 g/mol. The number of rotatable bonds is 5. The number of hydrogen-bond donors (Lipinski definition) is 0. The van der Waals surface area contributed by atoms with Crippen LogP contribution in [-0.4, -0.2) is 18.0 Å². The van der Waals surface area contributed by atoms with Gasteiger partial charge in [-0.2, -0.15) is 0 Å². The summed E-state index contributed by atoms with van der Waals surface area (Å²) in [6.45, 7) is 5.79. The fourth-order valence-corrected chi connectivity index (χ4v) is 3.26. The van der Waals surface area contributed by atoms with Crippen LogP contribution in [0, 0.1) is 12.8 Å². The van der Waals surface area contributed by atoms with E-state index in [1.807, 2.05) is 0 Å². The molecule has 0 aromatic heterocycles. The minimum Gasteiger partial charge on any atom is -0.299 e. The van der Waals surface area contributed by atoms with Crippen molar-refractivity contribution in [3.63, 3.8) is 0 Å². The third-order valence-electron chi connectivity index (χ3n) is 4.58. The molecule has 0 radical (unpaired) electrons. The molecular weight excluding hydrogens is 254 g/mol. The summed E-state index contributed by atoms with van der Waals surface area (Å²) in [7, 11) is 0.